The Morgan fingerprint density at radius 1 is 0.889 bits per heavy atom. The number of H-pyrrole nitrogens is 1. The summed E-state index contributed by atoms with van der Waals surface area (Å²) in [6.07, 6.45) is 3.42. The molecule has 0 aliphatic heterocycles. The second-order valence-corrected chi connectivity index (χ2v) is 6.68. The molecule has 2 heterocycles. The Labute approximate surface area is 161 Å². The Hall–Kier alpha value is -3.32. The van der Waals surface area contributed by atoms with Gasteiger partial charge in [-0.2, -0.15) is 5.10 Å². The minimum atomic E-state index is 0.596. The highest BCUT2D eigenvalue weighted by molar-refractivity contribution is 8.00. The second-order valence-electron chi connectivity index (χ2n) is 5.80. The number of aromatic nitrogens is 4. The molecular weight excluding hydrogens is 356 g/mol. The molecule has 4 rings (SSSR count). The van der Waals surface area contributed by atoms with Crippen molar-refractivity contribution >= 4 is 23.6 Å². The summed E-state index contributed by atoms with van der Waals surface area (Å²) in [7, 11) is 0. The quantitative estimate of drug-likeness (QED) is 0.410. The molecule has 0 spiro atoms. The molecule has 0 amide bonds. The monoisotopic (exact) mass is 374 g/mol. The molecule has 27 heavy (non-hydrogen) atoms. The minimum Gasteiger partial charge on any atom is -0.379 e. The summed E-state index contributed by atoms with van der Waals surface area (Å²) in [6, 6.07) is 22.2. The lowest BCUT2D eigenvalue weighted by Crippen LogP contribution is -1.99. The smallest absolute Gasteiger partial charge is 0.233 e. The average molecular weight is 374 g/mol. The standard InChI is InChI=1S/C20H18N6S/c1-2-5-15(6-3-1)19-13-17(24-25-19)14-23-16-7-9-18(10-8-16)27-26-20-21-11-4-12-22-20/h1-13,23H,14H2,(H,24,25)(H,21,22,26). The Balaban J connectivity index is 1.31. The molecule has 2 aromatic carbocycles. The fourth-order valence-corrected chi connectivity index (χ4v) is 3.09. The van der Waals surface area contributed by atoms with Gasteiger partial charge in [0.1, 0.15) is 0 Å². The Kier molecular flexibility index (Phi) is 5.31. The topological polar surface area (TPSA) is 78.5 Å². The highest BCUT2D eigenvalue weighted by Gasteiger charge is 2.04. The van der Waals surface area contributed by atoms with Gasteiger partial charge >= 0.3 is 0 Å². The van der Waals surface area contributed by atoms with Crippen molar-refractivity contribution in [3.8, 4) is 11.3 Å². The van der Waals surface area contributed by atoms with Gasteiger partial charge in [0.2, 0.25) is 5.95 Å². The van der Waals surface area contributed by atoms with Crippen LogP contribution in [0.2, 0.25) is 0 Å². The van der Waals surface area contributed by atoms with E-state index in [2.05, 4.69) is 48.4 Å². The van der Waals surface area contributed by atoms with Crippen LogP contribution in [0, 0.1) is 0 Å². The highest BCUT2D eigenvalue weighted by Crippen LogP contribution is 2.21. The summed E-state index contributed by atoms with van der Waals surface area (Å²) in [6.45, 7) is 0.683. The fourth-order valence-electron chi connectivity index (χ4n) is 2.50. The highest BCUT2D eigenvalue weighted by atomic mass is 32.2. The molecule has 3 N–H and O–H groups in total. The zero-order chi connectivity index (χ0) is 18.3. The Bertz CT molecular complexity index is 970. The van der Waals surface area contributed by atoms with Gasteiger partial charge in [0.05, 0.1) is 17.9 Å². The molecule has 2 aromatic heterocycles. The molecule has 0 unspecified atom stereocenters. The SMILES string of the molecule is c1ccc(-c2cc(CNc3ccc(SNc4ncccn4)cc3)[nH]n2)cc1. The number of anilines is 2. The maximum absolute atomic E-state index is 4.38. The molecule has 0 aliphatic carbocycles. The second kappa shape index (κ2) is 8.37. The molecule has 0 fully saturated rings. The summed E-state index contributed by atoms with van der Waals surface area (Å²) < 4.78 is 3.12. The molecule has 0 atom stereocenters. The zero-order valence-electron chi connectivity index (χ0n) is 14.5. The fraction of sp³-hybridized carbons (Fsp3) is 0.0500. The maximum Gasteiger partial charge on any atom is 0.233 e. The third-order valence-electron chi connectivity index (χ3n) is 3.86. The average Bonchev–Trinajstić information content (AvgIpc) is 3.22. The van der Waals surface area contributed by atoms with Crippen LogP contribution in [-0.4, -0.2) is 20.2 Å². The van der Waals surface area contributed by atoms with Crippen LogP contribution in [0.1, 0.15) is 5.69 Å². The molecule has 0 saturated heterocycles. The van der Waals surface area contributed by atoms with E-state index in [0.717, 1.165) is 27.5 Å². The van der Waals surface area contributed by atoms with Crippen LogP contribution < -0.4 is 10.0 Å². The van der Waals surface area contributed by atoms with Crippen molar-refractivity contribution in [2.24, 2.45) is 0 Å². The van der Waals surface area contributed by atoms with E-state index in [1.54, 1.807) is 18.5 Å². The molecule has 0 bridgehead atoms. The van der Waals surface area contributed by atoms with Crippen LogP contribution in [0.5, 0.6) is 0 Å². The summed E-state index contributed by atoms with van der Waals surface area (Å²) in [4.78, 5) is 9.35. The van der Waals surface area contributed by atoms with E-state index in [1.165, 1.54) is 11.9 Å². The van der Waals surface area contributed by atoms with Gasteiger partial charge in [0, 0.05) is 28.5 Å². The molecule has 0 radical (unpaired) electrons. The van der Waals surface area contributed by atoms with E-state index in [9.17, 15) is 0 Å². The van der Waals surface area contributed by atoms with E-state index in [4.69, 9.17) is 0 Å². The number of hydrogen-bond acceptors (Lipinski definition) is 6. The predicted octanol–water partition coefficient (Wildman–Crippen LogP) is 4.60. The third-order valence-corrected chi connectivity index (χ3v) is 4.66. The lowest BCUT2D eigenvalue weighted by molar-refractivity contribution is 0.983. The largest absolute Gasteiger partial charge is 0.379 e. The van der Waals surface area contributed by atoms with Crippen molar-refractivity contribution in [3.63, 3.8) is 0 Å². The number of nitrogens with one attached hydrogen (secondary N) is 3. The van der Waals surface area contributed by atoms with Crippen LogP contribution in [0.25, 0.3) is 11.3 Å². The molecule has 0 aliphatic rings. The molecule has 7 heteroatoms. The molecule has 134 valence electrons. The molecular formula is C20H18N6S. The van der Waals surface area contributed by atoms with Gasteiger partial charge in [0.25, 0.3) is 0 Å². The van der Waals surface area contributed by atoms with Crippen LogP contribution in [0.3, 0.4) is 0 Å². The van der Waals surface area contributed by atoms with Gasteiger partial charge in [-0.15, -0.1) is 0 Å². The number of benzene rings is 2. The van der Waals surface area contributed by atoms with Gasteiger partial charge in [0.15, 0.2) is 0 Å². The van der Waals surface area contributed by atoms with Crippen molar-refractivity contribution in [1.29, 1.82) is 0 Å². The van der Waals surface area contributed by atoms with Gasteiger partial charge in [-0.25, -0.2) is 9.97 Å². The predicted molar refractivity (Wildman–Crippen MR) is 109 cm³/mol. The number of nitrogens with zero attached hydrogens (tertiary/aromatic N) is 3. The van der Waals surface area contributed by atoms with Gasteiger partial charge in [-0.3, -0.25) is 9.82 Å². The zero-order valence-corrected chi connectivity index (χ0v) is 15.3. The molecule has 6 nitrogen and oxygen atoms in total. The van der Waals surface area contributed by atoms with Gasteiger partial charge in [-0.1, -0.05) is 30.3 Å². The number of hydrogen-bond donors (Lipinski definition) is 3. The summed E-state index contributed by atoms with van der Waals surface area (Å²) >= 11 is 1.48. The van der Waals surface area contributed by atoms with Gasteiger partial charge < -0.3 is 5.32 Å². The van der Waals surface area contributed by atoms with E-state index >= 15 is 0 Å². The van der Waals surface area contributed by atoms with Crippen LogP contribution in [0.15, 0.2) is 84.0 Å². The van der Waals surface area contributed by atoms with Crippen LogP contribution >= 0.6 is 11.9 Å². The van der Waals surface area contributed by atoms with Crippen molar-refractivity contribution in [2.75, 3.05) is 10.0 Å². The Morgan fingerprint density at radius 2 is 1.67 bits per heavy atom. The summed E-state index contributed by atoms with van der Waals surface area (Å²) in [5, 5.41) is 10.9. The lowest BCUT2D eigenvalue weighted by Gasteiger charge is -2.07. The van der Waals surface area contributed by atoms with E-state index in [-0.39, 0.29) is 0 Å². The first-order chi connectivity index (χ1) is 13.4. The maximum atomic E-state index is 4.38. The van der Waals surface area contributed by atoms with Crippen molar-refractivity contribution in [2.45, 2.75) is 11.4 Å². The first-order valence-electron chi connectivity index (χ1n) is 8.50. The van der Waals surface area contributed by atoms with E-state index in [1.807, 2.05) is 42.5 Å². The third kappa shape index (κ3) is 4.65. The van der Waals surface area contributed by atoms with E-state index in [0.29, 0.717) is 12.5 Å². The lowest BCUT2D eigenvalue weighted by atomic mass is 10.1. The first kappa shape index (κ1) is 17.1. The van der Waals surface area contributed by atoms with E-state index < -0.39 is 0 Å². The number of aromatic amines is 1. The normalized spacial score (nSPS) is 10.5. The van der Waals surface area contributed by atoms with Crippen molar-refractivity contribution in [1.82, 2.24) is 20.2 Å². The van der Waals surface area contributed by atoms with Crippen LogP contribution in [-0.2, 0) is 6.54 Å². The summed E-state index contributed by atoms with van der Waals surface area (Å²) in [5.41, 5.74) is 4.14. The Morgan fingerprint density at radius 3 is 2.44 bits per heavy atom. The van der Waals surface area contributed by atoms with Crippen molar-refractivity contribution in [3.05, 3.63) is 84.8 Å². The summed E-state index contributed by atoms with van der Waals surface area (Å²) in [5.74, 6) is 0.596. The first-order valence-corrected chi connectivity index (χ1v) is 9.32. The minimum absolute atomic E-state index is 0.596. The molecule has 0 saturated carbocycles. The van der Waals surface area contributed by atoms with Gasteiger partial charge in [-0.05, 0) is 48.3 Å². The van der Waals surface area contributed by atoms with Crippen molar-refractivity contribution < 1.29 is 0 Å². The van der Waals surface area contributed by atoms with Crippen LogP contribution in [0.4, 0.5) is 11.6 Å². The molecule has 4 aromatic rings. The number of rotatable bonds is 7.